The lowest BCUT2D eigenvalue weighted by Crippen LogP contribution is -2.14. The zero-order valence-electron chi connectivity index (χ0n) is 12.7. The highest BCUT2D eigenvalue weighted by molar-refractivity contribution is 7.92. The van der Waals surface area contributed by atoms with Crippen molar-refractivity contribution in [1.82, 2.24) is 14.5 Å². The summed E-state index contributed by atoms with van der Waals surface area (Å²) in [6.07, 6.45) is 1.71. The van der Waals surface area contributed by atoms with E-state index in [1.165, 1.54) is 0 Å². The number of rotatable bonds is 3. The van der Waals surface area contributed by atoms with Crippen LogP contribution in [0, 0.1) is 27.7 Å². The summed E-state index contributed by atoms with van der Waals surface area (Å²) in [5, 5.41) is 3.68. The molecule has 116 valence electrons. The minimum Gasteiger partial charge on any atom is -0.360 e. The summed E-state index contributed by atoms with van der Waals surface area (Å²) in [6, 6.07) is 3.45. The van der Waals surface area contributed by atoms with E-state index < -0.39 is 10.0 Å². The number of imidazole rings is 1. The van der Waals surface area contributed by atoms with Crippen LogP contribution in [0.4, 0.5) is 5.69 Å². The van der Waals surface area contributed by atoms with E-state index in [0.717, 1.165) is 17.0 Å². The van der Waals surface area contributed by atoms with Crippen LogP contribution in [0.15, 0.2) is 27.7 Å². The summed E-state index contributed by atoms with van der Waals surface area (Å²) < 4.78 is 34.3. The molecule has 0 atom stereocenters. The van der Waals surface area contributed by atoms with Gasteiger partial charge in [0.2, 0.25) is 0 Å². The van der Waals surface area contributed by atoms with Crippen molar-refractivity contribution in [3.63, 3.8) is 0 Å². The highest BCUT2D eigenvalue weighted by Crippen LogP contribution is 2.23. The second-order valence-corrected chi connectivity index (χ2v) is 6.81. The maximum Gasteiger partial charge on any atom is 0.267 e. The van der Waals surface area contributed by atoms with Gasteiger partial charge in [0.15, 0.2) is 10.7 Å². The molecular weight excluding hydrogens is 304 g/mol. The topological polar surface area (TPSA) is 89.5 Å². The average molecular weight is 320 g/mol. The van der Waals surface area contributed by atoms with Crippen molar-refractivity contribution in [2.75, 3.05) is 4.72 Å². The number of fused-ring (bicyclic) bond motifs is 1. The molecule has 3 aromatic rings. The molecule has 0 bridgehead atoms. The molecule has 3 rings (SSSR count). The molecule has 1 N–H and O–H groups in total. The second kappa shape index (κ2) is 4.84. The summed E-state index contributed by atoms with van der Waals surface area (Å²) >= 11 is 0. The fourth-order valence-corrected chi connectivity index (χ4v) is 3.78. The third-order valence-corrected chi connectivity index (χ3v) is 5.21. The Morgan fingerprint density at radius 1 is 1.14 bits per heavy atom. The smallest absolute Gasteiger partial charge is 0.267 e. The van der Waals surface area contributed by atoms with Crippen molar-refractivity contribution in [2.24, 2.45) is 0 Å². The molecule has 0 aliphatic rings. The Morgan fingerprint density at radius 3 is 2.50 bits per heavy atom. The number of hydrogen-bond donors (Lipinski definition) is 1. The number of nitrogens with zero attached hydrogens (tertiary/aromatic N) is 3. The van der Waals surface area contributed by atoms with E-state index in [1.807, 2.05) is 18.2 Å². The highest BCUT2D eigenvalue weighted by Gasteiger charge is 2.24. The number of hydrogen-bond acceptors (Lipinski definition) is 5. The normalized spacial score (nSPS) is 12.0. The number of aryl methyl sites for hydroxylation is 4. The number of nitrogens with one attached hydrogen (secondary N) is 1. The Morgan fingerprint density at radius 2 is 1.86 bits per heavy atom. The average Bonchev–Trinajstić information content (AvgIpc) is 2.91. The first kappa shape index (κ1) is 14.6. The van der Waals surface area contributed by atoms with Crippen molar-refractivity contribution in [1.29, 1.82) is 0 Å². The SMILES string of the molecule is Cc1noc(C)c1S(=O)(=O)Nc1ccc2nc(C)c(C)n2c1. The Hall–Kier alpha value is -2.35. The molecular formula is C14H16N4O3S. The summed E-state index contributed by atoms with van der Waals surface area (Å²) in [7, 11) is -3.75. The van der Waals surface area contributed by atoms with Gasteiger partial charge in [-0.1, -0.05) is 5.16 Å². The highest BCUT2D eigenvalue weighted by atomic mass is 32.2. The fraction of sp³-hybridized carbons (Fsp3) is 0.286. The summed E-state index contributed by atoms with van der Waals surface area (Å²) in [5.74, 6) is 0.265. The predicted molar refractivity (Wildman–Crippen MR) is 81.5 cm³/mol. The molecule has 0 aliphatic carbocycles. The molecule has 0 radical (unpaired) electrons. The number of anilines is 1. The van der Waals surface area contributed by atoms with Gasteiger partial charge >= 0.3 is 0 Å². The second-order valence-electron chi connectivity index (χ2n) is 5.19. The number of aromatic nitrogens is 3. The van der Waals surface area contributed by atoms with Crippen LogP contribution >= 0.6 is 0 Å². The van der Waals surface area contributed by atoms with Crippen LogP contribution in [-0.2, 0) is 10.0 Å². The van der Waals surface area contributed by atoms with Crippen LogP contribution < -0.4 is 4.72 Å². The molecule has 0 amide bonds. The van der Waals surface area contributed by atoms with Crippen molar-refractivity contribution in [2.45, 2.75) is 32.6 Å². The van der Waals surface area contributed by atoms with Gasteiger partial charge in [-0.2, -0.15) is 0 Å². The van der Waals surface area contributed by atoms with Crippen molar-refractivity contribution >= 4 is 21.4 Å². The van der Waals surface area contributed by atoms with Crippen LogP contribution in [0.1, 0.15) is 22.8 Å². The van der Waals surface area contributed by atoms with Gasteiger partial charge in [0.1, 0.15) is 11.3 Å². The van der Waals surface area contributed by atoms with Gasteiger partial charge in [0.05, 0.1) is 11.4 Å². The molecule has 0 aliphatic heterocycles. The fourth-order valence-electron chi connectivity index (χ4n) is 2.40. The van der Waals surface area contributed by atoms with Crippen LogP contribution in [0.3, 0.4) is 0 Å². The molecule has 3 heterocycles. The zero-order valence-corrected chi connectivity index (χ0v) is 13.5. The zero-order chi connectivity index (χ0) is 16.1. The molecule has 0 saturated carbocycles. The van der Waals surface area contributed by atoms with Gasteiger partial charge in [-0.05, 0) is 39.8 Å². The van der Waals surface area contributed by atoms with E-state index in [-0.39, 0.29) is 10.7 Å². The van der Waals surface area contributed by atoms with Gasteiger partial charge in [0.25, 0.3) is 10.0 Å². The van der Waals surface area contributed by atoms with Gasteiger partial charge in [-0.15, -0.1) is 0 Å². The predicted octanol–water partition coefficient (Wildman–Crippen LogP) is 2.36. The Labute approximate surface area is 128 Å². The third-order valence-electron chi connectivity index (χ3n) is 3.58. The van der Waals surface area contributed by atoms with Crippen LogP contribution in [0.2, 0.25) is 0 Å². The van der Waals surface area contributed by atoms with E-state index >= 15 is 0 Å². The summed E-state index contributed by atoms with van der Waals surface area (Å²) in [4.78, 5) is 4.46. The molecule has 0 unspecified atom stereocenters. The standard InChI is InChI=1S/C14H16N4O3S/c1-8-10(3)18-7-12(5-6-13(18)15-8)17-22(19,20)14-9(2)16-21-11(14)4/h5-7,17H,1-4H3. The molecule has 7 nitrogen and oxygen atoms in total. The van der Waals surface area contributed by atoms with E-state index in [0.29, 0.717) is 11.4 Å². The molecule has 22 heavy (non-hydrogen) atoms. The molecule has 0 aromatic carbocycles. The van der Waals surface area contributed by atoms with Gasteiger partial charge in [-0.25, -0.2) is 13.4 Å². The van der Waals surface area contributed by atoms with Crippen LogP contribution in [0.25, 0.3) is 5.65 Å². The van der Waals surface area contributed by atoms with E-state index in [2.05, 4.69) is 14.9 Å². The van der Waals surface area contributed by atoms with E-state index in [9.17, 15) is 8.42 Å². The Kier molecular flexibility index (Phi) is 3.21. The minimum atomic E-state index is -3.75. The van der Waals surface area contributed by atoms with Gasteiger partial charge < -0.3 is 8.92 Å². The third kappa shape index (κ3) is 2.25. The van der Waals surface area contributed by atoms with Gasteiger partial charge in [-0.3, -0.25) is 4.72 Å². The van der Waals surface area contributed by atoms with Crippen molar-refractivity contribution in [3.05, 3.63) is 41.2 Å². The van der Waals surface area contributed by atoms with Crippen LogP contribution in [0.5, 0.6) is 0 Å². The van der Waals surface area contributed by atoms with Gasteiger partial charge in [0, 0.05) is 11.9 Å². The summed E-state index contributed by atoms with van der Waals surface area (Å²) in [6.45, 7) is 7.01. The maximum atomic E-state index is 12.5. The first-order chi connectivity index (χ1) is 10.3. The maximum absolute atomic E-state index is 12.5. The minimum absolute atomic E-state index is 0.0751. The van der Waals surface area contributed by atoms with Crippen molar-refractivity contribution in [3.8, 4) is 0 Å². The lowest BCUT2D eigenvalue weighted by Gasteiger charge is -2.08. The number of sulfonamides is 1. The van der Waals surface area contributed by atoms with Crippen LogP contribution in [-0.4, -0.2) is 23.0 Å². The first-order valence-corrected chi connectivity index (χ1v) is 8.19. The molecule has 8 heteroatoms. The summed E-state index contributed by atoms with van der Waals surface area (Å²) in [5.41, 5.74) is 3.43. The Balaban J connectivity index is 2.04. The lowest BCUT2D eigenvalue weighted by atomic mass is 10.4. The molecule has 3 aromatic heterocycles. The monoisotopic (exact) mass is 320 g/mol. The van der Waals surface area contributed by atoms with Crippen molar-refractivity contribution < 1.29 is 12.9 Å². The molecule has 0 saturated heterocycles. The van der Waals surface area contributed by atoms with E-state index in [4.69, 9.17) is 4.52 Å². The number of pyridine rings is 1. The molecule has 0 spiro atoms. The van der Waals surface area contributed by atoms with E-state index in [1.54, 1.807) is 32.2 Å². The lowest BCUT2D eigenvalue weighted by molar-refractivity contribution is 0.390. The molecule has 0 fully saturated rings. The largest absolute Gasteiger partial charge is 0.360 e. The first-order valence-electron chi connectivity index (χ1n) is 6.70. The quantitative estimate of drug-likeness (QED) is 0.800. The Bertz CT molecular complexity index is 950.